The zero-order valence-electron chi connectivity index (χ0n) is 14.9. The normalized spacial score (nSPS) is 17.4. The second kappa shape index (κ2) is 7.72. The topological polar surface area (TPSA) is 97.2 Å². The Bertz CT molecular complexity index is 1030. The summed E-state index contributed by atoms with van der Waals surface area (Å²) >= 11 is 1.15. The molecule has 1 saturated heterocycles. The van der Waals surface area contributed by atoms with Crippen LogP contribution in [0.25, 0.3) is 0 Å². The van der Waals surface area contributed by atoms with Crippen molar-refractivity contribution in [2.45, 2.75) is 23.1 Å². The van der Waals surface area contributed by atoms with Crippen LogP contribution < -0.4 is 4.72 Å². The number of piperidine rings is 1. The van der Waals surface area contributed by atoms with Gasteiger partial charge < -0.3 is 4.90 Å². The molecule has 3 heterocycles. The van der Waals surface area contributed by atoms with Gasteiger partial charge in [0, 0.05) is 24.3 Å². The van der Waals surface area contributed by atoms with E-state index in [0.29, 0.717) is 24.3 Å². The lowest BCUT2D eigenvalue weighted by molar-refractivity contribution is 0.0673. The summed E-state index contributed by atoms with van der Waals surface area (Å²) in [6.45, 7) is 1.27. The van der Waals surface area contributed by atoms with Gasteiger partial charge in [0.1, 0.15) is 16.9 Å². The van der Waals surface area contributed by atoms with Crippen molar-refractivity contribution in [2.75, 3.05) is 17.8 Å². The Morgan fingerprint density at radius 3 is 2.71 bits per heavy atom. The molecule has 4 rings (SSSR count). The van der Waals surface area contributed by atoms with Gasteiger partial charge in [0.2, 0.25) is 0 Å². The van der Waals surface area contributed by atoms with Crippen molar-refractivity contribution in [1.29, 1.82) is 0 Å². The number of amides is 1. The number of benzene rings is 1. The van der Waals surface area contributed by atoms with Crippen molar-refractivity contribution in [3.8, 4) is 0 Å². The molecule has 10 heteroatoms. The average Bonchev–Trinajstić information content (AvgIpc) is 3.42. The maximum atomic E-state index is 12.8. The van der Waals surface area contributed by atoms with Gasteiger partial charge in [0.15, 0.2) is 0 Å². The maximum absolute atomic E-state index is 12.8. The third-order valence-corrected chi connectivity index (χ3v) is 7.42. The summed E-state index contributed by atoms with van der Waals surface area (Å²) in [5, 5.41) is 5.89. The van der Waals surface area contributed by atoms with Crippen LogP contribution in [0.5, 0.6) is 0 Å². The zero-order chi connectivity index (χ0) is 19.6. The van der Waals surface area contributed by atoms with Crippen molar-refractivity contribution >= 4 is 33.0 Å². The van der Waals surface area contributed by atoms with E-state index in [0.717, 1.165) is 24.2 Å². The number of nitrogens with zero attached hydrogens (tertiary/aromatic N) is 4. The fraction of sp³-hybridized carbons (Fsp3) is 0.278. The third-order valence-electron chi connectivity index (χ3n) is 4.64. The molecule has 1 aliphatic heterocycles. The molecule has 0 radical (unpaired) electrons. The van der Waals surface area contributed by atoms with Crippen LogP contribution in [0.4, 0.5) is 5.69 Å². The monoisotopic (exact) mass is 417 g/mol. The van der Waals surface area contributed by atoms with Gasteiger partial charge in [-0.3, -0.25) is 9.52 Å². The van der Waals surface area contributed by atoms with Crippen LogP contribution in [-0.4, -0.2) is 47.1 Å². The summed E-state index contributed by atoms with van der Waals surface area (Å²) in [5.74, 6) is -0.0718. The number of hydrogen-bond acceptors (Lipinski definition) is 6. The first-order valence-electron chi connectivity index (χ1n) is 8.83. The van der Waals surface area contributed by atoms with Crippen molar-refractivity contribution in [3.63, 3.8) is 0 Å². The standard InChI is InChI=1S/C18H19N5O3S2/c24-18(22-9-1-3-16(11-22)23-13-19-12-20-23)14-5-7-15(8-6-14)21-28(25,26)17-4-2-10-27-17/h2,4-8,10,12-13,16,21H,1,3,9,11H2. The number of thiophene rings is 1. The number of carbonyl (C=O) groups excluding carboxylic acids is 1. The Hall–Kier alpha value is -2.72. The molecule has 1 fully saturated rings. The molecule has 1 N–H and O–H groups in total. The molecule has 2 aromatic heterocycles. The number of hydrogen-bond donors (Lipinski definition) is 1. The predicted octanol–water partition coefficient (Wildman–Crippen LogP) is 2.62. The van der Waals surface area contributed by atoms with Crippen LogP contribution in [-0.2, 0) is 10.0 Å². The quantitative estimate of drug-likeness (QED) is 0.688. The Morgan fingerprint density at radius 1 is 1.21 bits per heavy atom. The van der Waals surface area contributed by atoms with Crippen molar-refractivity contribution in [1.82, 2.24) is 19.7 Å². The van der Waals surface area contributed by atoms with E-state index in [4.69, 9.17) is 0 Å². The Labute approximate surface area is 166 Å². The number of likely N-dealkylation sites (tertiary alicyclic amines) is 1. The summed E-state index contributed by atoms with van der Waals surface area (Å²) in [7, 11) is -3.60. The van der Waals surface area contributed by atoms with Gasteiger partial charge in [-0.15, -0.1) is 11.3 Å². The Kier molecular flexibility index (Phi) is 5.14. The fourth-order valence-electron chi connectivity index (χ4n) is 3.25. The Balaban J connectivity index is 1.44. The molecule has 1 unspecified atom stereocenters. The molecule has 146 valence electrons. The van der Waals surface area contributed by atoms with Crippen molar-refractivity contribution in [2.24, 2.45) is 0 Å². The lowest BCUT2D eigenvalue weighted by atomic mass is 10.0. The number of carbonyl (C=O) groups is 1. The smallest absolute Gasteiger partial charge is 0.271 e. The molecular weight excluding hydrogens is 398 g/mol. The molecule has 0 aliphatic carbocycles. The van der Waals surface area contributed by atoms with E-state index < -0.39 is 10.0 Å². The van der Waals surface area contributed by atoms with Crippen LogP contribution in [0, 0.1) is 0 Å². The summed E-state index contributed by atoms with van der Waals surface area (Å²) in [5.41, 5.74) is 0.947. The first kappa shape index (κ1) is 18.6. The lowest BCUT2D eigenvalue weighted by Crippen LogP contribution is -2.40. The minimum atomic E-state index is -3.60. The molecule has 0 spiro atoms. The van der Waals surface area contributed by atoms with Gasteiger partial charge in [0.25, 0.3) is 15.9 Å². The second-order valence-electron chi connectivity index (χ2n) is 6.54. The van der Waals surface area contributed by atoms with E-state index in [1.54, 1.807) is 57.7 Å². The van der Waals surface area contributed by atoms with Crippen molar-refractivity contribution < 1.29 is 13.2 Å². The second-order valence-corrected chi connectivity index (χ2v) is 9.39. The average molecular weight is 418 g/mol. The maximum Gasteiger partial charge on any atom is 0.271 e. The van der Waals surface area contributed by atoms with Crippen LogP contribution in [0.2, 0.25) is 0 Å². The molecular formula is C18H19N5O3S2. The summed E-state index contributed by atoms with van der Waals surface area (Å²) in [6, 6.07) is 9.87. The van der Waals surface area contributed by atoms with Gasteiger partial charge in [0.05, 0.1) is 6.04 Å². The van der Waals surface area contributed by atoms with E-state index in [2.05, 4.69) is 14.8 Å². The van der Waals surface area contributed by atoms with Crippen LogP contribution >= 0.6 is 11.3 Å². The van der Waals surface area contributed by atoms with E-state index in [9.17, 15) is 13.2 Å². The molecule has 28 heavy (non-hydrogen) atoms. The Morgan fingerprint density at radius 2 is 2.04 bits per heavy atom. The van der Waals surface area contributed by atoms with Gasteiger partial charge in [-0.25, -0.2) is 18.1 Å². The molecule has 0 saturated carbocycles. The van der Waals surface area contributed by atoms with E-state index in [1.165, 1.54) is 6.33 Å². The summed E-state index contributed by atoms with van der Waals surface area (Å²) in [6.07, 6.45) is 5.02. The largest absolute Gasteiger partial charge is 0.337 e. The minimum Gasteiger partial charge on any atom is -0.337 e. The lowest BCUT2D eigenvalue weighted by Gasteiger charge is -2.32. The van der Waals surface area contributed by atoms with E-state index in [-0.39, 0.29) is 16.2 Å². The van der Waals surface area contributed by atoms with Gasteiger partial charge in [-0.2, -0.15) is 5.10 Å². The highest BCUT2D eigenvalue weighted by molar-refractivity contribution is 7.94. The molecule has 0 bridgehead atoms. The minimum absolute atomic E-state index is 0.0718. The van der Waals surface area contributed by atoms with E-state index >= 15 is 0 Å². The first-order chi connectivity index (χ1) is 13.5. The van der Waals surface area contributed by atoms with Gasteiger partial charge in [-0.1, -0.05) is 6.07 Å². The molecule has 1 aromatic carbocycles. The summed E-state index contributed by atoms with van der Waals surface area (Å²) in [4.78, 5) is 18.6. The number of aromatic nitrogens is 3. The molecule has 8 nitrogen and oxygen atoms in total. The highest BCUT2D eigenvalue weighted by Crippen LogP contribution is 2.23. The van der Waals surface area contributed by atoms with Gasteiger partial charge in [-0.05, 0) is 48.6 Å². The molecule has 1 atom stereocenters. The molecule has 3 aromatic rings. The SMILES string of the molecule is O=C(c1ccc(NS(=O)(=O)c2cccs2)cc1)N1CCCC(n2cncn2)C1. The van der Waals surface area contributed by atoms with Crippen molar-refractivity contribution in [3.05, 3.63) is 60.0 Å². The zero-order valence-corrected chi connectivity index (χ0v) is 16.6. The molecule has 1 aliphatic rings. The van der Waals surface area contributed by atoms with E-state index in [1.807, 2.05) is 0 Å². The van der Waals surface area contributed by atoms with Crippen LogP contribution in [0.15, 0.2) is 58.6 Å². The number of nitrogens with one attached hydrogen (secondary N) is 1. The predicted molar refractivity (Wildman–Crippen MR) is 106 cm³/mol. The third kappa shape index (κ3) is 3.92. The first-order valence-corrected chi connectivity index (χ1v) is 11.2. The van der Waals surface area contributed by atoms with Crippen LogP contribution in [0.3, 0.4) is 0 Å². The number of anilines is 1. The molecule has 1 amide bonds. The van der Waals surface area contributed by atoms with Crippen LogP contribution in [0.1, 0.15) is 29.2 Å². The highest BCUT2D eigenvalue weighted by Gasteiger charge is 2.26. The summed E-state index contributed by atoms with van der Waals surface area (Å²) < 4.78 is 29.2. The fourth-order valence-corrected chi connectivity index (χ4v) is 5.30. The number of sulfonamides is 1. The number of rotatable bonds is 5. The van der Waals surface area contributed by atoms with Gasteiger partial charge >= 0.3 is 0 Å². The highest BCUT2D eigenvalue weighted by atomic mass is 32.2.